The van der Waals surface area contributed by atoms with Crippen LogP contribution in [0.5, 0.6) is 5.75 Å². The molecule has 1 atom stereocenters. The van der Waals surface area contributed by atoms with Crippen molar-refractivity contribution in [2.45, 2.75) is 96.1 Å². The van der Waals surface area contributed by atoms with Crippen LogP contribution in [-0.2, 0) is 27.5 Å². The Morgan fingerprint density at radius 3 is 2.34 bits per heavy atom. The number of hydrogen-bond donors (Lipinski definition) is 3. The van der Waals surface area contributed by atoms with Gasteiger partial charge in [-0.25, -0.2) is 0 Å². The Morgan fingerprint density at radius 1 is 1.06 bits per heavy atom. The van der Waals surface area contributed by atoms with E-state index >= 15 is 0 Å². The van der Waals surface area contributed by atoms with E-state index in [4.69, 9.17) is 15.2 Å². The zero-order chi connectivity index (χ0) is 22.5. The number of benzene rings is 1. The number of fused-ring (bicyclic) bond motifs is 1. The number of aliphatic hydroxyl groups is 2. The molecule has 0 amide bonds. The Morgan fingerprint density at radius 2 is 1.72 bits per heavy atom. The summed E-state index contributed by atoms with van der Waals surface area (Å²) in [5.41, 5.74) is 2.38. The van der Waals surface area contributed by atoms with Crippen molar-refractivity contribution in [1.29, 1.82) is 0 Å². The molecule has 0 bridgehead atoms. The van der Waals surface area contributed by atoms with Crippen LogP contribution < -0.4 is 10.1 Å². The van der Waals surface area contributed by atoms with Crippen LogP contribution in [0.25, 0.3) is 5.32 Å². The van der Waals surface area contributed by atoms with Gasteiger partial charge in [-0.3, -0.25) is 5.32 Å². The van der Waals surface area contributed by atoms with E-state index in [0.29, 0.717) is 12.6 Å². The third-order valence-corrected chi connectivity index (χ3v) is 6.83. The summed E-state index contributed by atoms with van der Waals surface area (Å²) >= 11 is 0. The van der Waals surface area contributed by atoms with Crippen LogP contribution in [0, 0.1) is 5.92 Å². The standard InChI is InChI=1S/C16H22NO.C8H17NO2.C2H6.W/c1-18-14-8-7-12-9-10-17-16(15(12)11-14)13-5-3-2-4-6-13;10-7-9-6-8(11)4-2-1-3-5-8;1-2;/h7-8,11,13,16H,2-6,9-10H2,1H3;9-11H,1-7H2;1-2H3;/q-1;;;. The Labute approximate surface area is 210 Å². The molecule has 5 nitrogen and oxygen atoms in total. The molecular weight excluding hydrogens is 572 g/mol. The monoisotopic (exact) mass is 617 g/mol. The van der Waals surface area contributed by atoms with E-state index in [9.17, 15) is 5.11 Å². The molecule has 3 N–H and O–H groups in total. The number of rotatable bonds is 5. The number of ether oxygens (including phenoxy) is 1. The van der Waals surface area contributed by atoms with Crippen LogP contribution >= 0.6 is 0 Å². The maximum absolute atomic E-state index is 9.83. The Hall–Kier alpha value is -0.452. The number of hydrogen-bond acceptors (Lipinski definition) is 4. The molecular formula is C26H45N2O3W-. The van der Waals surface area contributed by atoms with Gasteiger partial charge in [-0.1, -0.05) is 82.8 Å². The van der Waals surface area contributed by atoms with Gasteiger partial charge in [0.15, 0.2) is 0 Å². The average Bonchev–Trinajstić information content (AvgIpc) is 2.85. The maximum Gasteiger partial charge on any atom is 0.119 e. The third kappa shape index (κ3) is 9.06. The first-order chi connectivity index (χ1) is 15.1. The maximum atomic E-state index is 9.83. The summed E-state index contributed by atoms with van der Waals surface area (Å²) < 4.78 is 5.37. The molecule has 0 radical (unpaired) electrons. The Bertz CT molecular complexity index is 617. The molecule has 2 fully saturated rings. The minimum absolute atomic E-state index is 0. The molecule has 1 unspecified atom stereocenters. The van der Waals surface area contributed by atoms with E-state index in [1.165, 1.54) is 49.7 Å². The van der Waals surface area contributed by atoms with Crippen molar-refractivity contribution in [3.63, 3.8) is 0 Å². The fraction of sp³-hybridized carbons (Fsp3) is 0.769. The summed E-state index contributed by atoms with van der Waals surface area (Å²) in [6.45, 7) is 5.49. The largest absolute Gasteiger partial charge is 0.655 e. The number of nitrogens with one attached hydrogen (secondary N) is 1. The second-order valence-electron chi connectivity index (χ2n) is 8.93. The number of nitrogens with zero attached hydrogens (tertiary/aromatic N) is 1. The van der Waals surface area contributed by atoms with Crippen LogP contribution in [0.2, 0.25) is 0 Å². The van der Waals surface area contributed by atoms with Crippen LogP contribution in [0.3, 0.4) is 0 Å². The molecule has 0 aromatic heterocycles. The van der Waals surface area contributed by atoms with Crippen LogP contribution in [-0.4, -0.2) is 42.7 Å². The van der Waals surface area contributed by atoms with Gasteiger partial charge in [-0.05, 0) is 37.0 Å². The molecule has 2 saturated carbocycles. The van der Waals surface area contributed by atoms with Crippen molar-refractivity contribution in [2.75, 3.05) is 26.9 Å². The quantitative estimate of drug-likeness (QED) is 0.382. The van der Waals surface area contributed by atoms with Crippen molar-refractivity contribution in [3.05, 3.63) is 34.6 Å². The molecule has 1 aromatic rings. The van der Waals surface area contributed by atoms with Gasteiger partial charge in [0.1, 0.15) is 5.75 Å². The predicted molar refractivity (Wildman–Crippen MR) is 129 cm³/mol. The summed E-state index contributed by atoms with van der Waals surface area (Å²) in [4.78, 5) is 0. The summed E-state index contributed by atoms with van der Waals surface area (Å²) in [6, 6.07) is 6.97. The van der Waals surface area contributed by atoms with Gasteiger partial charge in [0.2, 0.25) is 0 Å². The summed E-state index contributed by atoms with van der Waals surface area (Å²) in [5.74, 6) is 1.75. The minimum Gasteiger partial charge on any atom is -0.655 e. The summed E-state index contributed by atoms with van der Waals surface area (Å²) in [5, 5.41) is 26.0. The molecule has 4 rings (SSSR count). The molecule has 0 saturated heterocycles. The second kappa shape index (κ2) is 16.2. The van der Waals surface area contributed by atoms with Crippen LogP contribution in [0.4, 0.5) is 0 Å². The average molecular weight is 617 g/mol. The van der Waals surface area contributed by atoms with E-state index in [2.05, 4.69) is 23.5 Å². The molecule has 3 aliphatic rings. The summed E-state index contributed by atoms with van der Waals surface area (Å²) in [6.07, 6.45) is 13.2. The summed E-state index contributed by atoms with van der Waals surface area (Å²) in [7, 11) is 1.75. The molecule has 184 valence electrons. The van der Waals surface area contributed by atoms with E-state index < -0.39 is 5.60 Å². The van der Waals surface area contributed by atoms with Crippen molar-refractivity contribution >= 4 is 0 Å². The SMILES string of the molecule is CC.COc1ccc2c(c1)C(C1CCCCC1)[N-]CC2.OCNCC1(O)CCCCC1.[W]. The third-order valence-electron chi connectivity index (χ3n) is 6.83. The van der Waals surface area contributed by atoms with Gasteiger partial charge in [-0.15, -0.1) is 12.6 Å². The van der Waals surface area contributed by atoms with Crippen molar-refractivity contribution in [3.8, 4) is 5.75 Å². The first-order valence-corrected chi connectivity index (χ1v) is 12.5. The second-order valence-corrected chi connectivity index (χ2v) is 8.93. The molecule has 1 aliphatic heterocycles. The predicted octanol–water partition coefficient (Wildman–Crippen LogP) is 5.49. The van der Waals surface area contributed by atoms with E-state index in [0.717, 1.165) is 50.3 Å². The molecule has 1 aromatic carbocycles. The normalized spacial score (nSPS) is 22.1. The van der Waals surface area contributed by atoms with Gasteiger partial charge in [-0.2, -0.15) is 0 Å². The van der Waals surface area contributed by atoms with Gasteiger partial charge < -0.3 is 20.3 Å². The zero-order valence-corrected chi connectivity index (χ0v) is 23.4. The first-order valence-electron chi connectivity index (χ1n) is 12.5. The first kappa shape index (κ1) is 29.6. The molecule has 32 heavy (non-hydrogen) atoms. The van der Waals surface area contributed by atoms with Crippen LogP contribution in [0.15, 0.2) is 18.2 Å². The van der Waals surface area contributed by atoms with E-state index in [1.807, 2.05) is 13.8 Å². The van der Waals surface area contributed by atoms with Gasteiger partial charge in [0.05, 0.1) is 19.4 Å². The zero-order valence-electron chi connectivity index (χ0n) is 20.4. The van der Waals surface area contributed by atoms with Crippen LogP contribution in [0.1, 0.15) is 95.2 Å². The van der Waals surface area contributed by atoms with Gasteiger partial charge in [0, 0.05) is 27.6 Å². The van der Waals surface area contributed by atoms with E-state index in [1.54, 1.807) is 7.11 Å². The molecule has 0 spiro atoms. The number of aliphatic hydroxyl groups excluding tert-OH is 1. The number of methoxy groups -OCH3 is 1. The fourth-order valence-corrected chi connectivity index (χ4v) is 5.15. The molecule has 1 heterocycles. The van der Waals surface area contributed by atoms with Crippen molar-refractivity contribution < 1.29 is 36.0 Å². The smallest absolute Gasteiger partial charge is 0.119 e. The van der Waals surface area contributed by atoms with Crippen molar-refractivity contribution in [1.82, 2.24) is 5.32 Å². The van der Waals surface area contributed by atoms with Gasteiger partial charge in [0.25, 0.3) is 0 Å². The van der Waals surface area contributed by atoms with Crippen molar-refractivity contribution in [2.24, 2.45) is 5.92 Å². The Kier molecular flexibility index (Phi) is 15.0. The molecule has 6 heteroatoms. The Balaban J connectivity index is 0.000000318. The minimum atomic E-state index is -0.541. The van der Waals surface area contributed by atoms with E-state index in [-0.39, 0.29) is 27.8 Å². The molecule has 2 aliphatic carbocycles. The van der Waals surface area contributed by atoms with Gasteiger partial charge >= 0.3 is 0 Å². The topological polar surface area (TPSA) is 75.8 Å². The fourth-order valence-electron chi connectivity index (χ4n) is 5.15.